The molecule has 10 heteroatoms. The Labute approximate surface area is 63.6 Å². The van der Waals surface area contributed by atoms with Gasteiger partial charge in [-0.05, 0) is 0 Å². The maximum Gasteiger partial charge on any atom is 0.331 e. The average molecular weight is 175 g/mol. The number of hydrazine groups is 2. The molecule has 0 unspecified atom stereocenters. The van der Waals surface area contributed by atoms with Gasteiger partial charge in [-0.15, -0.1) is 0 Å². The first-order valence-corrected chi connectivity index (χ1v) is 2.48. The van der Waals surface area contributed by atoms with Gasteiger partial charge in [0.15, 0.2) is 6.26 Å². The molecule has 0 bridgehead atoms. The second-order valence-corrected chi connectivity index (χ2v) is 1.53. The van der Waals surface area contributed by atoms with Crippen LogP contribution in [-0.4, -0.2) is 20.4 Å². The van der Waals surface area contributed by atoms with Crippen LogP contribution in [0.4, 0.5) is 5.82 Å². The van der Waals surface area contributed by atoms with Crippen LogP contribution in [-0.2, 0) is 0 Å². The minimum atomic E-state index is -1.25. The standard InChI is InChI=1S/C2HN5O5/c8-6(9)5(7(10)11)2-1-12-4-3-2/h1H. The molecule has 0 saturated heterocycles. The molecule has 1 rings (SSSR count). The Morgan fingerprint density at radius 1 is 1.42 bits per heavy atom. The van der Waals surface area contributed by atoms with Crippen molar-refractivity contribution >= 4 is 5.82 Å². The Kier molecular flexibility index (Phi) is 1.81. The number of rotatable bonds is 3. The van der Waals surface area contributed by atoms with E-state index < -0.39 is 21.0 Å². The lowest BCUT2D eigenvalue weighted by molar-refractivity contribution is -0.712. The highest BCUT2D eigenvalue weighted by Gasteiger charge is 2.33. The molecular weight excluding hydrogens is 174 g/mol. The van der Waals surface area contributed by atoms with Crippen LogP contribution in [0.5, 0.6) is 0 Å². The number of aromatic nitrogens is 2. The number of hydrogen-bond acceptors (Lipinski definition) is 7. The normalized spacial score (nSPS) is 9.33. The smallest absolute Gasteiger partial charge is 0.331 e. The summed E-state index contributed by atoms with van der Waals surface area (Å²) >= 11 is 0. The molecule has 1 aromatic heterocycles. The van der Waals surface area contributed by atoms with E-state index in [9.17, 15) is 20.2 Å². The van der Waals surface area contributed by atoms with E-state index in [0.717, 1.165) is 0 Å². The zero-order valence-corrected chi connectivity index (χ0v) is 5.35. The molecule has 0 N–H and O–H groups in total. The van der Waals surface area contributed by atoms with Crippen LogP contribution in [0.25, 0.3) is 0 Å². The van der Waals surface area contributed by atoms with E-state index >= 15 is 0 Å². The van der Waals surface area contributed by atoms with Crippen LogP contribution in [0.3, 0.4) is 0 Å². The Balaban J connectivity index is 2.96. The van der Waals surface area contributed by atoms with Crippen LogP contribution in [0, 0.1) is 20.2 Å². The van der Waals surface area contributed by atoms with Gasteiger partial charge in [0.1, 0.15) is 0 Å². The molecule has 0 radical (unpaired) electrons. The summed E-state index contributed by atoms with van der Waals surface area (Å²) in [6.07, 6.45) is 0.686. The van der Waals surface area contributed by atoms with Gasteiger partial charge in [0, 0.05) is 5.27 Å². The second-order valence-electron chi connectivity index (χ2n) is 1.53. The van der Waals surface area contributed by atoms with Gasteiger partial charge in [-0.2, -0.15) is 0 Å². The number of hydrogen-bond donors (Lipinski definition) is 0. The molecule has 0 amide bonds. The average Bonchev–Trinajstić information content (AvgIpc) is 2.37. The number of nitrogens with zero attached hydrogens (tertiary/aromatic N) is 5. The lowest BCUT2D eigenvalue weighted by atomic mass is 10.8. The van der Waals surface area contributed by atoms with Crippen LogP contribution >= 0.6 is 0 Å². The van der Waals surface area contributed by atoms with Crippen molar-refractivity contribution in [3.63, 3.8) is 0 Å². The van der Waals surface area contributed by atoms with Crippen LogP contribution in [0.15, 0.2) is 10.8 Å². The fourth-order valence-electron chi connectivity index (χ4n) is 0.474. The lowest BCUT2D eigenvalue weighted by Crippen LogP contribution is -2.35. The largest absolute Gasteiger partial charge is 0.343 e. The molecule has 12 heavy (non-hydrogen) atoms. The number of anilines is 1. The summed E-state index contributed by atoms with van der Waals surface area (Å²) < 4.78 is 4.08. The van der Waals surface area contributed by atoms with Crippen molar-refractivity contribution in [1.29, 1.82) is 0 Å². The van der Waals surface area contributed by atoms with Crippen molar-refractivity contribution in [2.75, 3.05) is 5.12 Å². The second kappa shape index (κ2) is 2.77. The molecule has 64 valence electrons. The van der Waals surface area contributed by atoms with Gasteiger partial charge < -0.3 is 4.52 Å². The summed E-state index contributed by atoms with van der Waals surface area (Å²) in [6.45, 7) is 0. The quantitative estimate of drug-likeness (QED) is 0.433. The SMILES string of the molecule is O=[N+]([O-])N(c1conn1)[N+](=O)[O-]. The van der Waals surface area contributed by atoms with E-state index in [-0.39, 0.29) is 0 Å². The zero-order valence-electron chi connectivity index (χ0n) is 5.35. The van der Waals surface area contributed by atoms with Crippen molar-refractivity contribution in [3.05, 3.63) is 26.5 Å². The van der Waals surface area contributed by atoms with E-state index in [1.165, 1.54) is 0 Å². The van der Waals surface area contributed by atoms with Crippen molar-refractivity contribution < 1.29 is 14.6 Å². The van der Waals surface area contributed by atoms with Crippen LogP contribution in [0.1, 0.15) is 0 Å². The summed E-state index contributed by atoms with van der Waals surface area (Å²) in [7, 11) is 0. The van der Waals surface area contributed by atoms with Gasteiger partial charge in [-0.1, -0.05) is 5.10 Å². The molecule has 1 heterocycles. The molecule has 0 saturated carbocycles. The van der Waals surface area contributed by atoms with E-state index in [4.69, 9.17) is 0 Å². The topological polar surface area (TPSA) is 128 Å². The maximum absolute atomic E-state index is 10.0. The predicted molar refractivity (Wildman–Crippen MR) is 30.8 cm³/mol. The third kappa shape index (κ3) is 1.25. The molecule has 0 aliphatic carbocycles. The highest BCUT2D eigenvalue weighted by molar-refractivity contribution is 5.23. The Hall–Kier alpha value is -2.26. The highest BCUT2D eigenvalue weighted by Crippen LogP contribution is 2.07. The highest BCUT2D eigenvalue weighted by atomic mass is 16.8. The van der Waals surface area contributed by atoms with Crippen molar-refractivity contribution in [3.8, 4) is 0 Å². The Morgan fingerprint density at radius 2 is 2.00 bits per heavy atom. The van der Waals surface area contributed by atoms with Gasteiger partial charge in [-0.3, -0.25) is 0 Å². The molecule has 0 fully saturated rings. The maximum atomic E-state index is 10.0. The first-order valence-electron chi connectivity index (χ1n) is 2.48. The van der Waals surface area contributed by atoms with E-state index in [2.05, 4.69) is 14.9 Å². The minimum Gasteiger partial charge on any atom is -0.343 e. The van der Waals surface area contributed by atoms with Crippen molar-refractivity contribution in [2.24, 2.45) is 0 Å². The van der Waals surface area contributed by atoms with Crippen molar-refractivity contribution in [1.82, 2.24) is 10.4 Å². The van der Waals surface area contributed by atoms with Crippen molar-refractivity contribution in [2.45, 2.75) is 0 Å². The summed E-state index contributed by atoms with van der Waals surface area (Å²) in [6, 6.07) is 0. The van der Waals surface area contributed by atoms with Gasteiger partial charge in [-0.25, -0.2) is 20.2 Å². The Morgan fingerprint density at radius 3 is 2.33 bits per heavy atom. The summed E-state index contributed by atoms with van der Waals surface area (Å²) in [4.78, 5) is 20.0. The minimum absolute atomic E-state index is 0.406. The number of nitro groups is 2. The molecule has 0 atom stereocenters. The molecule has 0 aromatic carbocycles. The summed E-state index contributed by atoms with van der Waals surface area (Å²) in [5.74, 6) is -0.593. The van der Waals surface area contributed by atoms with Gasteiger partial charge >= 0.3 is 5.82 Å². The fraction of sp³-hybridized carbons (Fsp3) is 0. The molecule has 0 aliphatic rings. The predicted octanol–water partition coefficient (Wildman–Crippen LogP) is -0.741. The molecular formula is C2HN5O5. The third-order valence-electron chi connectivity index (χ3n) is 0.863. The molecule has 0 aliphatic heterocycles. The van der Waals surface area contributed by atoms with E-state index in [1.54, 1.807) is 0 Å². The van der Waals surface area contributed by atoms with E-state index in [1.807, 2.05) is 0 Å². The van der Waals surface area contributed by atoms with Gasteiger partial charge in [0.05, 0.1) is 0 Å². The van der Waals surface area contributed by atoms with E-state index in [0.29, 0.717) is 6.26 Å². The molecule has 0 spiro atoms. The van der Waals surface area contributed by atoms with Gasteiger partial charge in [0.25, 0.3) is 0 Å². The fourth-order valence-corrected chi connectivity index (χ4v) is 0.474. The van der Waals surface area contributed by atoms with Gasteiger partial charge in [0.2, 0.25) is 15.2 Å². The first-order chi connectivity index (χ1) is 5.63. The zero-order chi connectivity index (χ0) is 9.14. The summed E-state index contributed by atoms with van der Waals surface area (Å²) in [5.41, 5.74) is 0. The monoisotopic (exact) mass is 175 g/mol. The third-order valence-corrected chi connectivity index (χ3v) is 0.863. The van der Waals surface area contributed by atoms with Crippen LogP contribution in [0.2, 0.25) is 0 Å². The molecule has 1 aromatic rings. The lowest BCUT2D eigenvalue weighted by Gasteiger charge is -1.95. The summed E-state index contributed by atoms with van der Waals surface area (Å²) in [5, 5.41) is 22.9. The first kappa shape index (κ1) is 7.84. The van der Waals surface area contributed by atoms with Crippen LogP contribution < -0.4 is 5.12 Å². The molecule has 10 nitrogen and oxygen atoms in total. The Bertz CT molecular complexity index is 279.